The Hall–Kier alpha value is -1.21. The van der Waals surface area contributed by atoms with E-state index >= 15 is 0 Å². The first kappa shape index (κ1) is 26.0. The van der Waals surface area contributed by atoms with Crippen molar-refractivity contribution in [2.24, 2.45) is 0 Å². The molecule has 0 aliphatic rings. The van der Waals surface area contributed by atoms with Crippen LogP contribution in [0, 0.1) is 11.3 Å². The third kappa shape index (κ3) is 8.33. The van der Waals surface area contributed by atoms with E-state index in [1.165, 1.54) is 38.5 Å². The molecule has 6 heteroatoms. The van der Waals surface area contributed by atoms with E-state index in [9.17, 15) is 5.26 Å². The number of rotatable bonds is 15. The molecule has 0 aliphatic carbocycles. The number of nitrogens with zero attached hydrogens (tertiary/aromatic N) is 2. The molecule has 0 bridgehead atoms. The molecule has 170 valence electrons. The molecule has 0 spiro atoms. The lowest BCUT2D eigenvalue weighted by Gasteiger charge is -2.29. The number of aromatic amines is 1. The van der Waals surface area contributed by atoms with Gasteiger partial charge in [-0.3, -0.25) is 0 Å². The molecule has 1 aromatic carbocycles. The Morgan fingerprint density at radius 1 is 0.903 bits per heavy atom. The number of unbranched alkanes of at least 4 members (excludes halogenated alkanes) is 8. The molecule has 1 heterocycles. The normalized spacial score (nSPS) is 13.1. The van der Waals surface area contributed by atoms with E-state index in [1.54, 1.807) is 18.3 Å². The lowest BCUT2D eigenvalue weighted by molar-refractivity contribution is 0.415. The van der Waals surface area contributed by atoms with Crippen LogP contribution in [0.1, 0.15) is 95.4 Å². The second-order valence-corrected chi connectivity index (χ2v) is 9.66. The van der Waals surface area contributed by atoms with Gasteiger partial charge in [0.2, 0.25) is 0 Å². The van der Waals surface area contributed by atoms with Crippen LogP contribution in [0.25, 0.3) is 0 Å². The van der Waals surface area contributed by atoms with Gasteiger partial charge in [0.05, 0.1) is 11.5 Å². The summed E-state index contributed by atoms with van der Waals surface area (Å²) in [5.41, 5.74) is 0.0492. The number of aromatic nitrogens is 2. The Morgan fingerprint density at radius 2 is 1.48 bits per heavy atom. The Labute approximate surface area is 202 Å². The highest BCUT2D eigenvalue weighted by Gasteiger charge is 2.35. The van der Waals surface area contributed by atoms with Gasteiger partial charge in [-0.15, -0.1) is 0 Å². The van der Waals surface area contributed by atoms with Crippen LogP contribution in [0.3, 0.4) is 0 Å². The van der Waals surface area contributed by atoms with Crippen LogP contribution in [0.5, 0.6) is 0 Å². The summed E-state index contributed by atoms with van der Waals surface area (Å²) in [5, 5.41) is 11.8. The molecule has 2 aromatic rings. The lowest BCUT2D eigenvalue weighted by Crippen LogP contribution is -2.25. The molecular formula is C25H34Cl3N3. The zero-order chi connectivity index (χ0) is 22.5. The molecule has 1 aromatic heterocycles. The summed E-state index contributed by atoms with van der Waals surface area (Å²) in [5.74, 6) is 0.980. The van der Waals surface area contributed by atoms with E-state index in [4.69, 9.17) is 34.8 Å². The minimum Gasteiger partial charge on any atom is -0.349 e. The Balaban J connectivity index is 2.02. The number of benzene rings is 1. The van der Waals surface area contributed by atoms with Crippen LogP contribution in [0.15, 0.2) is 24.5 Å². The van der Waals surface area contributed by atoms with Gasteiger partial charge in [0.25, 0.3) is 0 Å². The van der Waals surface area contributed by atoms with E-state index in [1.807, 2.05) is 6.20 Å². The van der Waals surface area contributed by atoms with Crippen LogP contribution in [-0.4, -0.2) is 9.97 Å². The van der Waals surface area contributed by atoms with Crippen molar-refractivity contribution in [3.05, 3.63) is 51.0 Å². The van der Waals surface area contributed by atoms with Crippen LogP contribution < -0.4 is 0 Å². The van der Waals surface area contributed by atoms with E-state index < -0.39 is 5.41 Å². The number of H-pyrrole nitrogens is 1. The van der Waals surface area contributed by atoms with Gasteiger partial charge >= 0.3 is 0 Å². The topological polar surface area (TPSA) is 52.5 Å². The number of hydrogen-bond acceptors (Lipinski definition) is 2. The highest BCUT2D eigenvalue weighted by molar-refractivity contribution is 6.39. The van der Waals surface area contributed by atoms with Crippen molar-refractivity contribution in [1.82, 2.24) is 9.97 Å². The van der Waals surface area contributed by atoms with Gasteiger partial charge in [-0.2, -0.15) is 5.26 Å². The van der Waals surface area contributed by atoms with Gasteiger partial charge in [-0.25, -0.2) is 4.98 Å². The quantitative estimate of drug-likeness (QED) is 0.257. The molecule has 1 N–H and O–H groups in total. The van der Waals surface area contributed by atoms with Gasteiger partial charge in [0.1, 0.15) is 5.82 Å². The van der Waals surface area contributed by atoms with Gasteiger partial charge in [0.15, 0.2) is 0 Å². The second-order valence-electron chi connectivity index (χ2n) is 8.41. The molecule has 0 saturated heterocycles. The van der Waals surface area contributed by atoms with Crippen LogP contribution in [0.2, 0.25) is 15.1 Å². The predicted octanol–water partition coefficient (Wildman–Crippen LogP) is 9.08. The third-order valence-corrected chi connectivity index (χ3v) is 6.79. The fourth-order valence-corrected chi connectivity index (χ4v) is 5.44. The van der Waals surface area contributed by atoms with E-state index in [-0.39, 0.29) is 0 Å². The highest BCUT2D eigenvalue weighted by Crippen LogP contribution is 2.44. The molecule has 0 aliphatic heterocycles. The van der Waals surface area contributed by atoms with Gasteiger partial charge in [0, 0.05) is 39.4 Å². The standard InChI is InChI=1S/C25H34Cl3N3/c1-2-3-4-5-6-7-8-10-13-25(19-29,14-11-9-12-23-30-15-16-31-23)24-21(27)17-20(26)18-22(24)28/h15-18H,2-14H2,1H3,(H,30,31). The van der Waals surface area contributed by atoms with Crippen molar-refractivity contribution in [2.75, 3.05) is 0 Å². The molecule has 0 fully saturated rings. The Kier molecular flexibility index (Phi) is 11.8. The smallest absolute Gasteiger partial charge is 0.105 e. The van der Waals surface area contributed by atoms with Crippen molar-refractivity contribution in [3.8, 4) is 6.07 Å². The summed E-state index contributed by atoms with van der Waals surface area (Å²) < 4.78 is 0. The van der Waals surface area contributed by atoms with Crippen LogP contribution in [-0.2, 0) is 11.8 Å². The largest absolute Gasteiger partial charge is 0.349 e. The summed E-state index contributed by atoms with van der Waals surface area (Å²) in [6, 6.07) is 6.01. The first-order valence-electron chi connectivity index (χ1n) is 11.6. The van der Waals surface area contributed by atoms with Crippen molar-refractivity contribution in [2.45, 2.75) is 95.8 Å². The third-order valence-electron chi connectivity index (χ3n) is 5.98. The number of nitriles is 1. The molecule has 0 saturated carbocycles. The fourth-order valence-electron chi connectivity index (χ4n) is 4.26. The lowest BCUT2D eigenvalue weighted by atomic mass is 9.73. The SMILES string of the molecule is CCCCCCCCCCC(C#N)(CCCCc1ncc[nH]1)c1c(Cl)cc(Cl)cc1Cl. The molecule has 0 radical (unpaired) electrons. The molecule has 2 rings (SSSR count). The molecule has 31 heavy (non-hydrogen) atoms. The summed E-state index contributed by atoms with van der Waals surface area (Å²) in [4.78, 5) is 7.42. The number of imidazole rings is 1. The highest BCUT2D eigenvalue weighted by atomic mass is 35.5. The first-order valence-corrected chi connectivity index (χ1v) is 12.7. The molecule has 1 atom stereocenters. The van der Waals surface area contributed by atoms with E-state index in [0.717, 1.165) is 56.3 Å². The summed E-state index contributed by atoms with van der Waals surface area (Å²) >= 11 is 19.3. The van der Waals surface area contributed by atoms with E-state index in [0.29, 0.717) is 15.1 Å². The van der Waals surface area contributed by atoms with Crippen LogP contribution >= 0.6 is 34.8 Å². The second kappa shape index (κ2) is 14.0. The Bertz CT molecular complexity index is 791. The Morgan fingerprint density at radius 3 is 2.03 bits per heavy atom. The van der Waals surface area contributed by atoms with Crippen molar-refractivity contribution in [3.63, 3.8) is 0 Å². The molecular weight excluding hydrogens is 449 g/mol. The van der Waals surface area contributed by atoms with Gasteiger partial charge in [-0.05, 0) is 31.4 Å². The number of halogens is 3. The molecule has 1 unspecified atom stereocenters. The molecule has 0 amide bonds. The monoisotopic (exact) mass is 481 g/mol. The average molecular weight is 483 g/mol. The first-order chi connectivity index (χ1) is 15.0. The van der Waals surface area contributed by atoms with Crippen molar-refractivity contribution >= 4 is 34.8 Å². The minimum atomic E-state index is -0.690. The zero-order valence-corrected chi connectivity index (χ0v) is 20.8. The van der Waals surface area contributed by atoms with Gasteiger partial charge in [-0.1, -0.05) is 99.5 Å². The maximum absolute atomic E-state index is 10.3. The number of nitrogens with one attached hydrogen (secondary N) is 1. The maximum atomic E-state index is 10.3. The van der Waals surface area contributed by atoms with Gasteiger partial charge < -0.3 is 4.98 Å². The number of hydrogen-bond donors (Lipinski definition) is 1. The van der Waals surface area contributed by atoms with Crippen molar-refractivity contribution < 1.29 is 0 Å². The van der Waals surface area contributed by atoms with E-state index in [2.05, 4.69) is 23.0 Å². The maximum Gasteiger partial charge on any atom is 0.105 e. The summed E-state index contributed by atoms with van der Waals surface area (Å²) in [6.07, 6.45) is 17.7. The average Bonchev–Trinajstić information content (AvgIpc) is 3.25. The summed E-state index contributed by atoms with van der Waals surface area (Å²) in [7, 11) is 0. The summed E-state index contributed by atoms with van der Waals surface area (Å²) in [6.45, 7) is 2.24. The zero-order valence-electron chi connectivity index (χ0n) is 18.5. The predicted molar refractivity (Wildman–Crippen MR) is 132 cm³/mol. The number of aryl methyl sites for hydroxylation is 1. The minimum absolute atomic E-state index is 0.490. The van der Waals surface area contributed by atoms with Crippen molar-refractivity contribution in [1.29, 1.82) is 5.26 Å². The van der Waals surface area contributed by atoms with Crippen LogP contribution in [0.4, 0.5) is 0 Å². The fraction of sp³-hybridized carbons (Fsp3) is 0.600. The molecule has 3 nitrogen and oxygen atoms in total.